The molecular weight excluding hydrogens is 478 g/mol. The Balaban J connectivity index is 1.25. The second-order valence-corrected chi connectivity index (χ2v) is 11.1. The number of allylic oxidation sites excluding steroid dienone is 4. The molecule has 0 spiro atoms. The minimum atomic E-state index is 0.273. The molecule has 0 saturated heterocycles. The van der Waals surface area contributed by atoms with Gasteiger partial charge in [-0.3, -0.25) is 0 Å². The molecule has 1 atom stereocenters. The van der Waals surface area contributed by atoms with Gasteiger partial charge in [0.2, 0.25) is 0 Å². The molecule has 2 aromatic heterocycles. The highest BCUT2D eigenvalue weighted by molar-refractivity contribution is 7.26. The quantitative estimate of drug-likeness (QED) is 0.226. The van der Waals surface area contributed by atoms with E-state index >= 15 is 0 Å². The molecule has 1 nitrogen and oxygen atoms in total. The zero-order chi connectivity index (χ0) is 25.1. The first-order valence-corrected chi connectivity index (χ1v) is 14.0. The number of para-hydroxylation sites is 2. The van der Waals surface area contributed by atoms with Crippen LogP contribution in [0.2, 0.25) is 0 Å². The smallest absolute Gasteiger partial charge is 0.0566 e. The van der Waals surface area contributed by atoms with Gasteiger partial charge >= 0.3 is 0 Å². The largest absolute Gasteiger partial charge is 0.333 e. The van der Waals surface area contributed by atoms with Crippen LogP contribution >= 0.6 is 11.3 Å². The number of hydrogen-bond acceptors (Lipinski definition) is 1. The molecule has 2 heteroatoms. The number of nitrogens with zero attached hydrogens (tertiary/aromatic N) is 1. The Labute approximate surface area is 225 Å². The van der Waals surface area contributed by atoms with Gasteiger partial charge in [-0.2, -0.15) is 0 Å². The van der Waals surface area contributed by atoms with E-state index in [9.17, 15) is 0 Å². The molecule has 1 aliphatic carbocycles. The zero-order valence-electron chi connectivity index (χ0n) is 20.8. The normalized spacial score (nSPS) is 15.6. The third-order valence-corrected chi connectivity index (χ3v) is 9.13. The standard InChI is InChI=1S/C36H25NS/c1-4-19-33-29(14-1)30-15-2-5-20-34(30)37(33)27-13-8-11-25(23-27)24-10-7-12-26(22-24)28-17-9-18-32-31-16-3-6-21-35(31)38-36(28)32/h1-12,14-23,27H,13H2. The van der Waals surface area contributed by atoms with Crippen LogP contribution in [0.1, 0.15) is 18.0 Å². The number of benzene rings is 5. The molecule has 0 N–H and O–H groups in total. The van der Waals surface area contributed by atoms with Gasteiger partial charge in [0.15, 0.2) is 0 Å². The fourth-order valence-electron chi connectivity index (χ4n) is 6.19. The van der Waals surface area contributed by atoms with Crippen LogP contribution in [-0.4, -0.2) is 4.57 Å². The van der Waals surface area contributed by atoms with Crippen molar-refractivity contribution in [3.8, 4) is 11.1 Å². The van der Waals surface area contributed by atoms with Gasteiger partial charge in [0.25, 0.3) is 0 Å². The van der Waals surface area contributed by atoms with Crippen molar-refractivity contribution in [2.45, 2.75) is 12.5 Å². The molecule has 0 fully saturated rings. The van der Waals surface area contributed by atoms with Crippen LogP contribution in [0, 0.1) is 0 Å². The SMILES string of the molecule is C1=CC(c2cccc(-c3cccc4c3sc3ccccc34)c2)=CC(n2c3ccccc3c3ccccc32)C1. The molecule has 7 aromatic rings. The summed E-state index contributed by atoms with van der Waals surface area (Å²) in [4.78, 5) is 0. The maximum absolute atomic E-state index is 2.52. The number of aromatic nitrogens is 1. The second-order valence-electron chi connectivity index (χ2n) is 10.1. The molecule has 1 aliphatic rings. The van der Waals surface area contributed by atoms with E-state index in [4.69, 9.17) is 0 Å². The molecule has 38 heavy (non-hydrogen) atoms. The third kappa shape index (κ3) is 3.31. The maximum atomic E-state index is 2.52. The molecule has 1 unspecified atom stereocenters. The fourth-order valence-corrected chi connectivity index (χ4v) is 7.43. The average Bonchev–Trinajstić information content (AvgIpc) is 3.53. The molecular formula is C36H25NS. The van der Waals surface area contributed by atoms with Crippen LogP contribution < -0.4 is 0 Å². The van der Waals surface area contributed by atoms with Crippen LogP contribution in [0.15, 0.2) is 133 Å². The lowest BCUT2D eigenvalue weighted by atomic mass is 9.93. The lowest BCUT2D eigenvalue weighted by Gasteiger charge is -2.21. The van der Waals surface area contributed by atoms with Crippen molar-refractivity contribution in [2.24, 2.45) is 0 Å². The Morgan fingerprint density at radius 3 is 2.08 bits per heavy atom. The summed E-state index contributed by atoms with van der Waals surface area (Å²) in [6, 6.07) is 42.4. The van der Waals surface area contributed by atoms with Crippen molar-refractivity contribution in [2.75, 3.05) is 0 Å². The van der Waals surface area contributed by atoms with E-state index in [-0.39, 0.29) is 6.04 Å². The minimum Gasteiger partial charge on any atom is -0.333 e. The first-order valence-electron chi connectivity index (χ1n) is 13.2. The van der Waals surface area contributed by atoms with Crippen LogP contribution in [0.5, 0.6) is 0 Å². The third-order valence-electron chi connectivity index (χ3n) is 7.91. The summed E-state index contributed by atoms with van der Waals surface area (Å²) in [5, 5.41) is 5.34. The summed E-state index contributed by atoms with van der Waals surface area (Å²) in [6.45, 7) is 0. The van der Waals surface area contributed by atoms with E-state index in [0.717, 1.165) is 6.42 Å². The Hall–Kier alpha value is -4.40. The minimum absolute atomic E-state index is 0.273. The summed E-state index contributed by atoms with van der Waals surface area (Å²) in [5.74, 6) is 0. The molecule has 0 radical (unpaired) electrons. The lowest BCUT2D eigenvalue weighted by molar-refractivity contribution is 0.650. The number of rotatable bonds is 3. The van der Waals surface area contributed by atoms with E-state index < -0.39 is 0 Å². The molecule has 180 valence electrons. The summed E-state index contributed by atoms with van der Waals surface area (Å²) in [6.07, 6.45) is 8.08. The summed E-state index contributed by atoms with van der Waals surface area (Å²) >= 11 is 1.89. The summed E-state index contributed by atoms with van der Waals surface area (Å²) in [5.41, 5.74) is 7.73. The first-order chi connectivity index (χ1) is 18.8. The van der Waals surface area contributed by atoms with Crippen molar-refractivity contribution in [1.82, 2.24) is 4.57 Å². The van der Waals surface area contributed by atoms with Crippen molar-refractivity contribution < 1.29 is 0 Å². The molecule has 8 rings (SSSR count). The van der Waals surface area contributed by atoms with Crippen molar-refractivity contribution in [3.05, 3.63) is 139 Å². The van der Waals surface area contributed by atoms with Gasteiger partial charge < -0.3 is 4.57 Å². The van der Waals surface area contributed by atoms with Crippen LogP contribution in [0.4, 0.5) is 0 Å². The summed E-state index contributed by atoms with van der Waals surface area (Å²) < 4.78 is 5.23. The van der Waals surface area contributed by atoms with Gasteiger partial charge in [0.1, 0.15) is 0 Å². The number of hydrogen-bond donors (Lipinski definition) is 0. The van der Waals surface area contributed by atoms with E-state index in [2.05, 4.69) is 138 Å². The zero-order valence-corrected chi connectivity index (χ0v) is 21.7. The monoisotopic (exact) mass is 503 g/mol. The Morgan fingerprint density at radius 2 is 1.26 bits per heavy atom. The van der Waals surface area contributed by atoms with Gasteiger partial charge in [-0.1, -0.05) is 109 Å². The topological polar surface area (TPSA) is 4.93 Å². The predicted octanol–water partition coefficient (Wildman–Crippen LogP) is 10.4. The highest BCUT2D eigenvalue weighted by Gasteiger charge is 2.19. The van der Waals surface area contributed by atoms with Crippen LogP contribution in [-0.2, 0) is 0 Å². The Bertz CT molecular complexity index is 2010. The maximum Gasteiger partial charge on any atom is 0.0566 e. The van der Waals surface area contributed by atoms with Crippen molar-refractivity contribution in [3.63, 3.8) is 0 Å². The van der Waals surface area contributed by atoms with Gasteiger partial charge in [-0.15, -0.1) is 11.3 Å². The van der Waals surface area contributed by atoms with E-state index in [1.165, 1.54) is 64.2 Å². The van der Waals surface area contributed by atoms with Crippen LogP contribution in [0.25, 0.3) is 58.7 Å². The predicted molar refractivity (Wildman–Crippen MR) is 165 cm³/mol. The lowest BCUT2D eigenvalue weighted by Crippen LogP contribution is -2.08. The highest BCUT2D eigenvalue weighted by Crippen LogP contribution is 2.41. The second kappa shape index (κ2) is 8.58. The Morgan fingerprint density at radius 1 is 0.605 bits per heavy atom. The van der Waals surface area contributed by atoms with E-state index in [1.807, 2.05) is 11.3 Å². The average molecular weight is 504 g/mol. The van der Waals surface area contributed by atoms with Gasteiger partial charge in [0, 0.05) is 42.0 Å². The molecule has 0 amide bonds. The fraction of sp³-hybridized carbons (Fsp3) is 0.0556. The van der Waals surface area contributed by atoms with E-state index in [0.29, 0.717) is 0 Å². The van der Waals surface area contributed by atoms with Crippen molar-refractivity contribution >= 4 is 58.9 Å². The van der Waals surface area contributed by atoms with Gasteiger partial charge in [-0.05, 0) is 52.9 Å². The molecule has 2 heterocycles. The number of thiophene rings is 1. The molecule has 0 aliphatic heterocycles. The van der Waals surface area contributed by atoms with Gasteiger partial charge in [0.05, 0.1) is 6.04 Å². The summed E-state index contributed by atoms with van der Waals surface area (Å²) in [7, 11) is 0. The van der Waals surface area contributed by atoms with Crippen LogP contribution in [0.3, 0.4) is 0 Å². The molecule has 0 bridgehead atoms. The first kappa shape index (κ1) is 21.7. The molecule has 5 aromatic carbocycles. The highest BCUT2D eigenvalue weighted by atomic mass is 32.1. The van der Waals surface area contributed by atoms with Gasteiger partial charge in [-0.25, -0.2) is 0 Å². The molecule has 0 saturated carbocycles. The number of fused-ring (bicyclic) bond motifs is 6. The van der Waals surface area contributed by atoms with E-state index in [1.54, 1.807) is 0 Å². The van der Waals surface area contributed by atoms with Crippen molar-refractivity contribution in [1.29, 1.82) is 0 Å². The Kier molecular flexibility index (Phi) is 4.89.